The first-order valence-electron chi connectivity index (χ1n) is 8.65. The van der Waals surface area contributed by atoms with Crippen LogP contribution in [0.4, 0.5) is 0 Å². The molecule has 0 saturated carbocycles. The fourth-order valence-corrected chi connectivity index (χ4v) is 3.11. The Morgan fingerprint density at radius 2 is 1.92 bits per heavy atom. The van der Waals surface area contributed by atoms with Crippen molar-refractivity contribution in [3.63, 3.8) is 0 Å². The number of hydrogen-bond acceptors (Lipinski definition) is 5. The van der Waals surface area contributed by atoms with Gasteiger partial charge in [0, 0.05) is 5.92 Å². The molecule has 2 aromatic rings. The van der Waals surface area contributed by atoms with Crippen molar-refractivity contribution in [3.8, 4) is 23.0 Å². The topological polar surface area (TPSA) is 62.9 Å². The maximum absolute atomic E-state index is 6.08. The third-order valence-electron chi connectivity index (χ3n) is 4.36. The van der Waals surface area contributed by atoms with Gasteiger partial charge in [-0.1, -0.05) is 18.2 Å². The fourth-order valence-electron chi connectivity index (χ4n) is 3.11. The highest BCUT2D eigenvalue weighted by atomic mass is 16.6. The van der Waals surface area contributed by atoms with Crippen LogP contribution in [0.3, 0.4) is 0 Å². The molecule has 5 heteroatoms. The summed E-state index contributed by atoms with van der Waals surface area (Å²) in [6.45, 7) is 4.26. The SMILES string of the molecule is CCOc1c(CC(CN)c2ccc3c(c2)OCCO3)cccc1OC. The predicted molar refractivity (Wildman–Crippen MR) is 97.1 cm³/mol. The van der Waals surface area contributed by atoms with Crippen molar-refractivity contribution in [2.45, 2.75) is 19.3 Å². The summed E-state index contributed by atoms with van der Waals surface area (Å²) in [4.78, 5) is 0. The van der Waals surface area contributed by atoms with Gasteiger partial charge in [0.1, 0.15) is 13.2 Å². The van der Waals surface area contributed by atoms with Crippen LogP contribution >= 0.6 is 0 Å². The Morgan fingerprint density at radius 1 is 1.12 bits per heavy atom. The van der Waals surface area contributed by atoms with Gasteiger partial charge < -0.3 is 24.7 Å². The second-order valence-corrected chi connectivity index (χ2v) is 5.92. The molecule has 5 nitrogen and oxygen atoms in total. The summed E-state index contributed by atoms with van der Waals surface area (Å²) in [6, 6.07) is 12.0. The molecule has 1 aliphatic heterocycles. The van der Waals surface area contributed by atoms with Crippen LogP contribution in [0.1, 0.15) is 24.0 Å². The molecule has 0 aliphatic carbocycles. The third kappa shape index (κ3) is 3.82. The van der Waals surface area contributed by atoms with Gasteiger partial charge in [-0.15, -0.1) is 0 Å². The Labute approximate surface area is 148 Å². The maximum Gasteiger partial charge on any atom is 0.164 e. The molecular formula is C20H25NO4. The van der Waals surface area contributed by atoms with Crippen molar-refractivity contribution in [2.24, 2.45) is 5.73 Å². The molecule has 0 saturated heterocycles. The average molecular weight is 343 g/mol. The lowest BCUT2D eigenvalue weighted by atomic mass is 9.91. The van der Waals surface area contributed by atoms with Crippen molar-refractivity contribution < 1.29 is 18.9 Å². The second-order valence-electron chi connectivity index (χ2n) is 5.92. The Morgan fingerprint density at radius 3 is 2.64 bits per heavy atom. The number of fused-ring (bicyclic) bond motifs is 1. The molecule has 134 valence electrons. The normalized spacial score (nSPS) is 14.0. The van der Waals surface area contributed by atoms with Gasteiger partial charge in [0.25, 0.3) is 0 Å². The number of para-hydroxylation sites is 1. The van der Waals surface area contributed by atoms with Crippen LogP contribution in [0, 0.1) is 0 Å². The highest BCUT2D eigenvalue weighted by Gasteiger charge is 2.19. The number of methoxy groups -OCH3 is 1. The first kappa shape index (κ1) is 17.4. The zero-order chi connectivity index (χ0) is 17.6. The van der Waals surface area contributed by atoms with E-state index < -0.39 is 0 Å². The van der Waals surface area contributed by atoms with Gasteiger partial charge in [-0.3, -0.25) is 0 Å². The van der Waals surface area contributed by atoms with Crippen LogP contribution in [0.15, 0.2) is 36.4 Å². The minimum absolute atomic E-state index is 0.155. The van der Waals surface area contributed by atoms with Crippen molar-refractivity contribution in [1.82, 2.24) is 0 Å². The van der Waals surface area contributed by atoms with E-state index in [1.807, 2.05) is 31.2 Å². The first-order valence-corrected chi connectivity index (χ1v) is 8.65. The Kier molecular flexibility index (Phi) is 5.66. The zero-order valence-corrected chi connectivity index (χ0v) is 14.8. The molecule has 2 N–H and O–H groups in total. The molecule has 0 fully saturated rings. The van der Waals surface area contributed by atoms with Crippen LogP contribution in [0.25, 0.3) is 0 Å². The monoisotopic (exact) mass is 343 g/mol. The Hall–Kier alpha value is -2.40. The first-order chi connectivity index (χ1) is 12.3. The van der Waals surface area contributed by atoms with Crippen molar-refractivity contribution in [1.29, 1.82) is 0 Å². The van der Waals surface area contributed by atoms with Crippen LogP contribution in [-0.4, -0.2) is 33.5 Å². The lowest BCUT2D eigenvalue weighted by Crippen LogP contribution is -2.18. The summed E-state index contributed by atoms with van der Waals surface area (Å²) in [5, 5.41) is 0. The highest BCUT2D eigenvalue weighted by molar-refractivity contribution is 5.49. The molecule has 1 unspecified atom stereocenters. The van der Waals surface area contributed by atoms with Gasteiger partial charge in [0.2, 0.25) is 0 Å². The van der Waals surface area contributed by atoms with Crippen molar-refractivity contribution in [3.05, 3.63) is 47.5 Å². The Balaban J connectivity index is 1.88. The van der Waals surface area contributed by atoms with Crippen LogP contribution < -0.4 is 24.7 Å². The fraction of sp³-hybridized carbons (Fsp3) is 0.400. The number of ether oxygens (including phenoxy) is 4. The van der Waals surface area contributed by atoms with Crippen LogP contribution in [0.5, 0.6) is 23.0 Å². The molecule has 25 heavy (non-hydrogen) atoms. The summed E-state index contributed by atoms with van der Waals surface area (Å²) in [6.07, 6.45) is 0.767. The van der Waals surface area contributed by atoms with Gasteiger partial charge in [-0.25, -0.2) is 0 Å². The summed E-state index contributed by atoms with van der Waals surface area (Å²) in [5.41, 5.74) is 8.30. The average Bonchev–Trinajstić information content (AvgIpc) is 2.66. The molecule has 0 bridgehead atoms. The van der Waals surface area contributed by atoms with Gasteiger partial charge in [0.15, 0.2) is 23.0 Å². The van der Waals surface area contributed by atoms with E-state index in [4.69, 9.17) is 24.7 Å². The minimum atomic E-state index is 0.155. The number of hydrogen-bond donors (Lipinski definition) is 1. The number of rotatable bonds is 7. The standard InChI is InChI=1S/C20H25NO4/c1-3-23-20-15(5-4-6-18(20)22-2)11-16(13-21)14-7-8-17-19(12-14)25-10-9-24-17/h4-8,12,16H,3,9-11,13,21H2,1-2H3. The van der Waals surface area contributed by atoms with Crippen molar-refractivity contribution >= 4 is 0 Å². The zero-order valence-electron chi connectivity index (χ0n) is 14.8. The van der Waals surface area contributed by atoms with E-state index in [0.717, 1.165) is 40.5 Å². The summed E-state index contributed by atoms with van der Waals surface area (Å²) >= 11 is 0. The molecule has 1 atom stereocenters. The van der Waals surface area contributed by atoms with Gasteiger partial charge in [0.05, 0.1) is 13.7 Å². The second kappa shape index (κ2) is 8.12. The summed E-state index contributed by atoms with van der Waals surface area (Å²) in [7, 11) is 1.66. The van der Waals surface area contributed by atoms with E-state index in [-0.39, 0.29) is 5.92 Å². The van der Waals surface area contributed by atoms with Crippen LogP contribution in [-0.2, 0) is 6.42 Å². The highest BCUT2D eigenvalue weighted by Crippen LogP contribution is 2.37. The third-order valence-corrected chi connectivity index (χ3v) is 4.36. The maximum atomic E-state index is 6.08. The quantitative estimate of drug-likeness (QED) is 0.837. The molecule has 0 spiro atoms. The Bertz CT molecular complexity index is 717. The molecule has 0 amide bonds. The minimum Gasteiger partial charge on any atom is -0.493 e. The predicted octanol–water partition coefficient (Wildman–Crippen LogP) is 3.15. The molecule has 3 rings (SSSR count). The van der Waals surface area contributed by atoms with Gasteiger partial charge in [-0.2, -0.15) is 0 Å². The van der Waals surface area contributed by atoms with E-state index in [2.05, 4.69) is 12.1 Å². The molecule has 0 aromatic heterocycles. The smallest absolute Gasteiger partial charge is 0.164 e. The van der Waals surface area contributed by atoms with E-state index in [1.165, 1.54) is 0 Å². The summed E-state index contributed by atoms with van der Waals surface area (Å²) in [5.74, 6) is 3.28. The molecule has 1 heterocycles. The lowest BCUT2D eigenvalue weighted by Gasteiger charge is -2.22. The largest absolute Gasteiger partial charge is 0.493 e. The lowest BCUT2D eigenvalue weighted by molar-refractivity contribution is 0.171. The summed E-state index contributed by atoms with van der Waals surface area (Å²) < 4.78 is 22.6. The number of nitrogens with two attached hydrogens (primary N) is 1. The van der Waals surface area contributed by atoms with Crippen molar-refractivity contribution in [2.75, 3.05) is 33.5 Å². The van der Waals surface area contributed by atoms with E-state index in [1.54, 1.807) is 7.11 Å². The molecule has 2 aromatic carbocycles. The van der Waals surface area contributed by atoms with E-state index in [9.17, 15) is 0 Å². The molecule has 0 radical (unpaired) electrons. The van der Waals surface area contributed by atoms with Gasteiger partial charge in [-0.05, 0) is 49.2 Å². The van der Waals surface area contributed by atoms with E-state index >= 15 is 0 Å². The van der Waals surface area contributed by atoms with E-state index in [0.29, 0.717) is 26.4 Å². The number of benzene rings is 2. The molecule has 1 aliphatic rings. The van der Waals surface area contributed by atoms with Gasteiger partial charge >= 0.3 is 0 Å². The molecular weight excluding hydrogens is 318 g/mol. The van der Waals surface area contributed by atoms with Crippen LogP contribution in [0.2, 0.25) is 0 Å².